The van der Waals surface area contributed by atoms with Gasteiger partial charge in [-0.2, -0.15) is 0 Å². The van der Waals surface area contributed by atoms with Gasteiger partial charge in [-0.25, -0.2) is 9.18 Å². The van der Waals surface area contributed by atoms with Crippen molar-refractivity contribution < 1.29 is 18.7 Å². The Morgan fingerprint density at radius 1 is 1.44 bits per heavy atom. The minimum Gasteiger partial charge on any atom is -0.444 e. The summed E-state index contributed by atoms with van der Waals surface area (Å²) >= 11 is 1.42. The van der Waals surface area contributed by atoms with Gasteiger partial charge in [0.1, 0.15) is 11.4 Å². The Balaban J connectivity index is 1.98. The minimum atomic E-state index is -0.810. The van der Waals surface area contributed by atoms with Gasteiger partial charge < -0.3 is 15.2 Å². The maximum Gasteiger partial charge on any atom is 0.413 e. The number of hydrogen-bond donors (Lipinski definition) is 2. The summed E-state index contributed by atoms with van der Waals surface area (Å²) < 4.78 is 25.7. The van der Waals surface area contributed by atoms with Gasteiger partial charge in [0, 0.05) is 30.0 Å². The van der Waals surface area contributed by atoms with E-state index in [1.54, 1.807) is 33.9 Å². The van der Waals surface area contributed by atoms with Crippen LogP contribution in [0.15, 0.2) is 23.2 Å². The maximum absolute atomic E-state index is 14.7. The number of fused-ring (bicyclic) bond motifs is 1. The molecule has 0 saturated heterocycles. The largest absolute Gasteiger partial charge is 0.444 e. The molecule has 0 spiro atoms. The number of nitrogens with two attached hydrogens (primary N) is 1. The molecule has 0 radical (unpaired) electrons. The molecular weight excluding hydrogens is 369 g/mol. The lowest BCUT2D eigenvalue weighted by atomic mass is 9.80. The van der Waals surface area contributed by atoms with Crippen LogP contribution >= 0.6 is 11.8 Å². The summed E-state index contributed by atoms with van der Waals surface area (Å²) in [7, 11) is 1.67. The van der Waals surface area contributed by atoms with E-state index in [0.29, 0.717) is 28.6 Å². The summed E-state index contributed by atoms with van der Waals surface area (Å²) in [5.74, 6) is 0.299. The predicted octanol–water partition coefficient (Wildman–Crippen LogP) is 3.66. The number of carbonyl (C=O) groups excluding carboxylic acids is 1. The molecule has 8 heteroatoms. The van der Waals surface area contributed by atoms with Gasteiger partial charge in [-0.05, 0) is 51.8 Å². The van der Waals surface area contributed by atoms with Gasteiger partial charge in [0.15, 0.2) is 5.17 Å². The number of anilines is 1. The van der Waals surface area contributed by atoms with Crippen LogP contribution in [-0.4, -0.2) is 35.8 Å². The predicted molar refractivity (Wildman–Crippen MR) is 105 cm³/mol. The van der Waals surface area contributed by atoms with E-state index >= 15 is 0 Å². The van der Waals surface area contributed by atoms with Crippen LogP contribution in [-0.2, 0) is 15.0 Å². The number of rotatable bonds is 2. The van der Waals surface area contributed by atoms with Crippen molar-refractivity contribution >= 4 is 28.7 Å². The van der Waals surface area contributed by atoms with Crippen molar-refractivity contribution in [3.63, 3.8) is 0 Å². The van der Waals surface area contributed by atoms with Crippen molar-refractivity contribution in [2.24, 2.45) is 10.9 Å². The monoisotopic (exact) mass is 395 g/mol. The second kappa shape index (κ2) is 7.31. The summed E-state index contributed by atoms with van der Waals surface area (Å²) in [5.41, 5.74) is 5.44. The number of aliphatic imine (C=N–C) groups is 1. The fourth-order valence-electron chi connectivity index (χ4n) is 3.83. The van der Waals surface area contributed by atoms with Gasteiger partial charge in [-0.3, -0.25) is 10.3 Å². The van der Waals surface area contributed by atoms with E-state index in [9.17, 15) is 9.18 Å². The molecule has 27 heavy (non-hydrogen) atoms. The highest BCUT2D eigenvalue weighted by Crippen LogP contribution is 2.52. The highest BCUT2D eigenvalue weighted by atomic mass is 32.2. The number of nitrogen functional groups attached to an aromatic ring is 1. The lowest BCUT2D eigenvalue weighted by Crippen LogP contribution is -2.44. The number of amides is 1. The highest BCUT2D eigenvalue weighted by molar-refractivity contribution is 8.13. The van der Waals surface area contributed by atoms with Crippen molar-refractivity contribution in [3.8, 4) is 0 Å². The molecule has 0 unspecified atom stereocenters. The molecule has 148 valence electrons. The lowest BCUT2D eigenvalue weighted by Gasteiger charge is -2.38. The van der Waals surface area contributed by atoms with Crippen LogP contribution < -0.4 is 11.1 Å². The smallest absolute Gasteiger partial charge is 0.413 e. The molecule has 6 nitrogen and oxygen atoms in total. The van der Waals surface area contributed by atoms with Crippen molar-refractivity contribution in [1.29, 1.82) is 0 Å². The molecule has 1 heterocycles. The number of carbonyl (C=O) groups is 1. The van der Waals surface area contributed by atoms with Crippen LogP contribution in [0.2, 0.25) is 0 Å². The molecule has 3 rings (SSSR count). The number of methoxy groups -OCH3 is 1. The lowest BCUT2D eigenvalue weighted by molar-refractivity contribution is 0.0561. The molecule has 3 atom stereocenters. The minimum absolute atomic E-state index is 0.00649. The summed E-state index contributed by atoms with van der Waals surface area (Å²) in [6, 6.07) is 4.55. The first-order chi connectivity index (χ1) is 12.6. The normalized spacial score (nSPS) is 27.7. The quantitative estimate of drug-likeness (QED) is 0.747. The van der Waals surface area contributed by atoms with Crippen molar-refractivity contribution in [3.05, 3.63) is 29.6 Å². The summed E-state index contributed by atoms with van der Waals surface area (Å²) in [4.78, 5) is 17.0. The molecule has 1 aliphatic carbocycles. The van der Waals surface area contributed by atoms with Crippen LogP contribution in [0.1, 0.15) is 39.2 Å². The number of hydrogen-bond acceptors (Lipinski definition) is 6. The van der Waals surface area contributed by atoms with Gasteiger partial charge in [0.05, 0.1) is 11.6 Å². The topological polar surface area (TPSA) is 85.9 Å². The first kappa shape index (κ1) is 19.9. The van der Waals surface area contributed by atoms with E-state index in [2.05, 4.69) is 5.32 Å². The third-order valence-corrected chi connectivity index (χ3v) is 5.93. The van der Waals surface area contributed by atoms with Crippen molar-refractivity contribution in [2.75, 3.05) is 18.6 Å². The molecule has 0 aromatic heterocycles. The Bertz CT molecular complexity index is 765. The van der Waals surface area contributed by atoms with E-state index in [1.165, 1.54) is 23.9 Å². The number of benzene rings is 1. The van der Waals surface area contributed by atoms with E-state index in [0.717, 1.165) is 6.42 Å². The van der Waals surface area contributed by atoms with Gasteiger partial charge >= 0.3 is 6.09 Å². The number of nitrogens with one attached hydrogen (secondary N) is 1. The summed E-state index contributed by atoms with van der Waals surface area (Å²) in [6.45, 7) is 5.38. The fourth-order valence-corrected chi connectivity index (χ4v) is 5.04. The van der Waals surface area contributed by atoms with Crippen molar-refractivity contribution in [1.82, 2.24) is 5.32 Å². The molecule has 1 amide bonds. The zero-order valence-electron chi connectivity index (χ0n) is 16.0. The molecule has 1 fully saturated rings. The second-order valence-corrected chi connectivity index (χ2v) is 8.95. The molecule has 3 N–H and O–H groups in total. The molecule has 1 aromatic rings. The van der Waals surface area contributed by atoms with E-state index in [-0.39, 0.29) is 17.8 Å². The number of alkyl carbamates (subject to hydrolysis) is 1. The average Bonchev–Trinajstić information content (AvgIpc) is 2.94. The number of nitrogens with zero attached hydrogens (tertiary/aromatic N) is 1. The van der Waals surface area contributed by atoms with Crippen LogP contribution in [0.3, 0.4) is 0 Å². The zero-order valence-corrected chi connectivity index (χ0v) is 16.9. The number of thioether (sulfide) groups is 1. The Labute approximate surface area is 163 Å². The number of halogens is 1. The first-order valence-corrected chi connectivity index (χ1v) is 9.94. The fraction of sp³-hybridized carbons (Fsp3) is 0.579. The Morgan fingerprint density at radius 2 is 2.19 bits per heavy atom. The second-order valence-electron chi connectivity index (χ2n) is 7.94. The van der Waals surface area contributed by atoms with Crippen molar-refractivity contribution in [2.45, 2.75) is 50.9 Å². The van der Waals surface area contributed by atoms with Gasteiger partial charge in [0.25, 0.3) is 0 Å². The van der Waals surface area contributed by atoms with E-state index in [1.807, 2.05) is 0 Å². The molecule has 1 aromatic carbocycles. The Kier molecular flexibility index (Phi) is 5.40. The Morgan fingerprint density at radius 3 is 2.85 bits per heavy atom. The maximum atomic E-state index is 14.7. The molecule has 1 saturated carbocycles. The number of amidine groups is 1. The highest BCUT2D eigenvalue weighted by Gasteiger charge is 2.53. The standard InChI is InChI=1S/C19H26FN3O3S/c1-18(2,3)26-17(24)22-16-23-19(12-9-11(21)5-6-14(12)20)8-7-15(25-4)13(19)10-27-16/h5-6,9,13,15H,7-8,10,21H2,1-4H3,(H,22,23,24)/t13-,15+,19-/m1/s1. The molecule has 2 aliphatic rings. The van der Waals surface area contributed by atoms with Gasteiger partial charge in [0.2, 0.25) is 0 Å². The SMILES string of the molecule is CO[C@H]1CC[C@]2(c3cc(N)ccc3F)N=C(NC(=O)OC(C)(C)C)SC[C@H]12. The molecular formula is C19H26FN3O3S. The summed E-state index contributed by atoms with van der Waals surface area (Å²) in [5, 5.41) is 3.14. The third kappa shape index (κ3) is 4.06. The molecule has 0 bridgehead atoms. The van der Waals surface area contributed by atoms with E-state index < -0.39 is 17.2 Å². The first-order valence-electron chi connectivity index (χ1n) is 8.95. The van der Waals surface area contributed by atoms with Crippen LogP contribution in [0, 0.1) is 11.7 Å². The van der Waals surface area contributed by atoms with Crippen LogP contribution in [0.5, 0.6) is 0 Å². The van der Waals surface area contributed by atoms with Gasteiger partial charge in [-0.15, -0.1) is 0 Å². The summed E-state index contributed by atoms with van der Waals surface area (Å²) in [6.07, 6.45) is 0.789. The van der Waals surface area contributed by atoms with E-state index in [4.69, 9.17) is 20.2 Å². The zero-order chi connectivity index (χ0) is 19.8. The van der Waals surface area contributed by atoms with Gasteiger partial charge in [-0.1, -0.05) is 11.8 Å². The van der Waals surface area contributed by atoms with Crippen LogP contribution in [0.25, 0.3) is 0 Å². The number of ether oxygens (including phenoxy) is 2. The van der Waals surface area contributed by atoms with Crippen LogP contribution in [0.4, 0.5) is 14.9 Å². The Hall–Kier alpha value is -1.80. The molecule has 1 aliphatic heterocycles. The third-order valence-electron chi connectivity index (χ3n) is 4.94. The average molecular weight is 396 g/mol.